The van der Waals surface area contributed by atoms with Crippen LogP contribution in [0.2, 0.25) is 10.0 Å². The van der Waals surface area contributed by atoms with Crippen LogP contribution in [0.3, 0.4) is 0 Å². The van der Waals surface area contributed by atoms with E-state index in [1.165, 1.54) is 0 Å². The molecule has 0 spiro atoms. The zero-order chi connectivity index (χ0) is 18.6. The van der Waals surface area contributed by atoms with Crippen molar-refractivity contribution in [1.82, 2.24) is 15.6 Å². The smallest absolute Gasteiger partial charge is 0.191 e. The van der Waals surface area contributed by atoms with Crippen LogP contribution >= 0.6 is 47.2 Å². The highest BCUT2D eigenvalue weighted by Crippen LogP contribution is 2.21. The molecule has 10 heteroatoms. The van der Waals surface area contributed by atoms with Gasteiger partial charge in [-0.3, -0.25) is 4.99 Å². The van der Waals surface area contributed by atoms with Gasteiger partial charge >= 0.3 is 0 Å². The van der Waals surface area contributed by atoms with Crippen molar-refractivity contribution >= 4 is 59.0 Å². The van der Waals surface area contributed by atoms with E-state index in [1.54, 1.807) is 19.3 Å². The maximum absolute atomic E-state index is 6.06. The minimum absolute atomic E-state index is 0. The predicted molar refractivity (Wildman–Crippen MR) is 122 cm³/mol. The standard InChI is InChI=1S/C17H27Cl2N5O2.HI/c1-20-17(22-5-3-8-25-12-14-4-2-9-26-14)23-7-6-21-16-15(19)10-13(18)11-24-16;/h10-11,14H,2-9,12H2,1H3,(H,21,24)(H2,20,22,23);1H. The summed E-state index contributed by atoms with van der Waals surface area (Å²) in [6.07, 6.45) is 5.01. The van der Waals surface area contributed by atoms with Gasteiger partial charge in [-0.1, -0.05) is 23.2 Å². The van der Waals surface area contributed by atoms with E-state index in [0.717, 1.165) is 38.4 Å². The summed E-state index contributed by atoms with van der Waals surface area (Å²) in [6.45, 7) is 4.40. The van der Waals surface area contributed by atoms with Gasteiger partial charge in [0.1, 0.15) is 5.82 Å². The van der Waals surface area contributed by atoms with Crippen LogP contribution in [0.15, 0.2) is 17.3 Å². The van der Waals surface area contributed by atoms with Crippen LogP contribution < -0.4 is 16.0 Å². The fraction of sp³-hybridized carbons (Fsp3) is 0.647. The molecule has 0 amide bonds. The van der Waals surface area contributed by atoms with E-state index in [4.69, 9.17) is 32.7 Å². The average Bonchev–Trinajstić information content (AvgIpc) is 3.14. The van der Waals surface area contributed by atoms with E-state index < -0.39 is 0 Å². The Morgan fingerprint density at radius 1 is 1.33 bits per heavy atom. The van der Waals surface area contributed by atoms with Crippen molar-refractivity contribution in [3.63, 3.8) is 0 Å². The number of hydrogen-bond donors (Lipinski definition) is 3. The van der Waals surface area contributed by atoms with Crippen LogP contribution in [0.1, 0.15) is 19.3 Å². The van der Waals surface area contributed by atoms with Crippen molar-refractivity contribution in [2.24, 2.45) is 4.99 Å². The zero-order valence-corrected chi connectivity index (χ0v) is 19.3. The molecular formula is C17H28Cl2IN5O2. The van der Waals surface area contributed by atoms with Gasteiger partial charge in [-0.25, -0.2) is 4.98 Å². The third-order valence-corrected chi connectivity index (χ3v) is 4.32. The number of pyridine rings is 1. The first kappa shape index (κ1) is 24.5. The topological polar surface area (TPSA) is 79.8 Å². The number of anilines is 1. The van der Waals surface area contributed by atoms with Crippen molar-refractivity contribution in [2.45, 2.75) is 25.4 Å². The molecule has 3 N–H and O–H groups in total. The summed E-state index contributed by atoms with van der Waals surface area (Å²) in [5.41, 5.74) is 0. The second-order valence-corrected chi connectivity index (χ2v) is 6.74. The first-order chi connectivity index (χ1) is 12.7. The molecular weight excluding hydrogens is 504 g/mol. The first-order valence-corrected chi connectivity index (χ1v) is 9.63. The third kappa shape index (κ3) is 9.98. The van der Waals surface area contributed by atoms with Crippen molar-refractivity contribution in [1.29, 1.82) is 0 Å². The Balaban J connectivity index is 0.00000364. The zero-order valence-electron chi connectivity index (χ0n) is 15.5. The van der Waals surface area contributed by atoms with Gasteiger partial charge in [-0.05, 0) is 25.3 Å². The molecule has 1 fully saturated rings. The molecule has 1 aliphatic heterocycles. The monoisotopic (exact) mass is 531 g/mol. The number of guanidine groups is 1. The summed E-state index contributed by atoms with van der Waals surface area (Å²) in [5, 5.41) is 10.7. The SMILES string of the molecule is CN=C(NCCCOCC1CCCO1)NCCNc1ncc(Cl)cc1Cl.I. The Morgan fingerprint density at radius 3 is 2.85 bits per heavy atom. The van der Waals surface area contributed by atoms with Gasteiger partial charge in [0, 0.05) is 46.1 Å². The molecule has 7 nitrogen and oxygen atoms in total. The Kier molecular flexibility index (Phi) is 13.1. The number of ether oxygens (including phenoxy) is 2. The van der Waals surface area contributed by atoms with Gasteiger partial charge in [0.15, 0.2) is 5.96 Å². The van der Waals surface area contributed by atoms with E-state index >= 15 is 0 Å². The van der Waals surface area contributed by atoms with E-state index in [-0.39, 0.29) is 30.1 Å². The highest BCUT2D eigenvalue weighted by Gasteiger charge is 2.14. The van der Waals surface area contributed by atoms with Crippen molar-refractivity contribution in [3.05, 3.63) is 22.3 Å². The normalized spacial score (nSPS) is 16.7. The molecule has 0 aromatic carbocycles. The number of aliphatic imine (C=N–C) groups is 1. The van der Waals surface area contributed by atoms with Gasteiger partial charge in [0.05, 0.1) is 22.8 Å². The van der Waals surface area contributed by atoms with Crippen molar-refractivity contribution in [3.8, 4) is 0 Å². The van der Waals surface area contributed by atoms with Crippen molar-refractivity contribution in [2.75, 3.05) is 51.8 Å². The number of aromatic nitrogens is 1. The van der Waals surface area contributed by atoms with Crippen LogP contribution in [0, 0.1) is 0 Å². The summed E-state index contributed by atoms with van der Waals surface area (Å²) in [6, 6.07) is 1.66. The van der Waals surface area contributed by atoms with Gasteiger partial charge in [-0.2, -0.15) is 0 Å². The molecule has 1 aromatic rings. The Hall–Kier alpha value is -0.550. The molecule has 2 rings (SSSR count). The first-order valence-electron chi connectivity index (χ1n) is 8.88. The lowest BCUT2D eigenvalue weighted by Gasteiger charge is -2.13. The molecule has 1 atom stereocenters. The Bertz CT molecular complexity index is 574. The lowest BCUT2D eigenvalue weighted by atomic mass is 10.2. The second-order valence-electron chi connectivity index (χ2n) is 5.90. The van der Waals surface area contributed by atoms with Crippen LogP contribution in [0.25, 0.3) is 0 Å². The average molecular weight is 532 g/mol. The number of nitrogens with one attached hydrogen (secondary N) is 3. The molecule has 2 heterocycles. The Morgan fingerprint density at radius 2 is 2.15 bits per heavy atom. The predicted octanol–water partition coefficient (Wildman–Crippen LogP) is 3.17. The number of halogens is 3. The highest BCUT2D eigenvalue weighted by atomic mass is 127. The van der Waals surface area contributed by atoms with E-state index in [1.807, 2.05) is 0 Å². The van der Waals surface area contributed by atoms with Gasteiger partial charge in [0.2, 0.25) is 0 Å². The molecule has 1 aromatic heterocycles. The van der Waals surface area contributed by atoms with Gasteiger partial charge in [-0.15, -0.1) is 24.0 Å². The molecule has 27 heavy (non-hydrogen) atoms. The van der Waals surface area contributed by atoms with Gasteiger partial charge < -0.3 is 25.4 Å². The van der Waals surface area contributed by atoms with Crippen molar-refractivity contribution < 1.29 is 9.47 Å². The van der Waals surface area contributed by atoms with Crippen LogP contribution in [-0.4, -0.2) is 63.6 Å². The molecule has 154 valence electrons. The maximum Gasteiger partial charge on any atom is 0.191 e. The molecule has 1 unspecified atom stereocenters. The summed E-state index contributed by atoms with van der Waals surface area (Å²) in [5.74, 6) is 1.37. The molecule has 0 aliphatic carbocycles. The minimum Gasteiger partial charge on any atom is -0.379 e. The quantitative estimate of drug-likeness (QED) is 0.186. The fourth-order valence-electron chi connectivity index (χ4n) is 2.50. The highest BCUT2D eigenvalue weighted by molar-refractivity contribution is 14.0. The van der Waals surface area contributed by atoms with Crippen LogP contribution in [0.4, 0.5) is 5.82 Å². The lowest BCUT2D eigenvalue weighted by Crippen LogP contribution is -2.40. The largest absolute Gasteiger partial charge is 0.379 e. The third-order valence-electron chi connectivity index (χ3n) is 3.83. The molecule has 1 aliphatic rings. The Labute approximate surface area is 188 Å². The summed E-state index contributed by atoms with van der Waals surface area (Å²) in [4.78, 5) is 8.34. The second kappa shape index (κ2) is 14.4. The van der Waals surface area contributed by atoms with Crippen LogP contribution in [0.5, 0.6) is 0 Å². The van der Waals surface area contributed by atoms with E-state index in [9.17, 15) is 0 Å². The number of rotatable bonds is 10. The number of hydrogen-bond acceptors (Lipinski definition) is 5. The number of nitrogens with zero attached hydrogens (tertiary/aromatic N) is 2. The summed E-state index contributed by atoms with van der Waals surface area (Å²) >= 11 is 11.9. The van der Waals surface area contributed by atoms with E-state index in [0.29, 0.717) is 42.2 Å². The fourth-order valence-corrected chi connectivity index (χ4v) is 2.95. The van der Waals surface area contributed by atoms with E-state index in [2.05, 4.69) is 25.9 Å². The molecule has 1 saturated heterocycles. The van der Waals surface area contributed by atoms with Gasteiger partial charge in [0.25, 0.3) is 0 Å². The molecule has 0 radical (unpaired) electrons. The minimum atomic E-state index is 0. The van der Waals surface area contributed by atoms with Crippen LogP contribution in [-0.2, 0) is 9.47 Å². The maximum atomic E-state index is 6.06. The molecule has 0 saturated carbocycles. The summed E-state index contributed by atoms with van der Waals surface area (Å²) < 4.78 is 11.2. The molecule has 0 bridgehead atoms. The summed E-state index contributed by atoms with van der Waals surface area (Å²) in [7, 11) is 1.74. The lowest BCUT2D eigenvalue weighted by molar-refractivity contribution is 0.0168.